The minimum absolute atomic E-state index is 0.260. The Morgan fingerprint density at radius 3 is 2.61 bits per heavy atom. The molecule has 9 nitrogen and oxygen atoms in total. The summed E-state index contributed by atoms with van der Waals surface area (Å²) >= 11 is 0. The number of carbonyl (C=O) groups is 1. The number of nitriles is 1. The van der Waals surface area contributed by atoms with E-state index in [9.17, 15) is 10.1 Å². The summed E-state index contributed by atoms with van der Waals surface area (Å²) in [4.78, 5) is 25.9. The lowest BCUT2D eigenvalue weighted by Gasteiger charge is -2.18. The topological polar surface area (TPSA) is 125 Å². The molecule has 0 bridgehead atoms. The van der Waals surface area contributed by atoms with Crippen molar-refractivity contribution in [2.45, 2.75) is 12.8 Å². The maximum Gasteiger partial charge on any atom is 0.248 e. The number of carbonyl (C=O) groups excluding carboxylic acids is 1. The van der Waals surface area contributed by atoms with Crippen molar-refractivity contribution in [3.05, 3.63) is 84.5 Å². The smallest absolute Gasteiger partial charge is 0.248 e. The van der Waals surface area contributed by atoms with Crippen molar-refractivity contribution >= 4 is 34.0 Å². The van der Waals surface area contributed by atoms with Crippen LogP contribution >= 0.6 is 0 Å². The lowest BCUT2D eigenvalue weighted by molar-refractivity contribution is -0.112. The van der Waals surface area contributed by atoms with Crippen molar-refractivity contribution in [2.75, 3.05) is 23.7 Å². The number of hydrogen-bond donors (Lipinski definition) is 3. The number of ether oxygens (including phenoxy) is 1. The molecule has 1 aliphatic heterocycles. The first-order valence-electron chi connectivity index (χ1n) is 11.5. The summed E-state index contributed by atoms with van der Waals surface area (Å²) in [7, 11) is 0. The summed E-state index contributed by atoms with van der Waals surface area (Å²) in [6, 6.07) is 14.7. The zero-order valence-electron chi connectivity index (χ0n) is 19.4. The minimum atomic E-state index is -0.260. The monoisotopic (exact) mass is 477 g/mol. The SMILES string of the molecule is N#Cc1cnc2c(NC(=O)C=C3CCNCC3)c(Oc3ccncc3)ccc2c1Nc1ccccn1. The average Bonchev–Trinajstić information content (AvgIpc) is 2.92. The number of nitrogens with zero attached hydrogens (tertiary/aromatic N) is 4. The van der Waals surface area contributed by atoms with Crippen molar-refractivity contribution in [1.82, 2.24) is 20.3 Å². The lowest BCUT2D eigenvalue weighted by atomic mass is 10.0. The fourth-order valence-corrected chi connectivity index (χ4v) is 4.01. The highest BCUT2D eigenvalue weighted by Crippen LogP contribution is 2.39. The molecule has 36 heavy (non-hydrogen) atoms. The van der Waals surface area contributed by atoms with Crippen LogP contribution in [0.5, 0.6) is 11.5 Å². The number of hydrogen-bond acceptors (Lipinski definition) is 8. The lowest BCUT2D eigenvalue weighted by Crippen LogP contribution is -2.24. The predicted octanol–water partition coefficient (Wildman–Crippen LogP) is 4.68. The van der Waals surface area contributed by atoms with E-state index in [1.54, 1.807) is 42.9 Å². The zero-order valence-corrected chi connectivity index (χ0v) is 19.4. The van der Waals surface area contributed by atoms with Gasteiger partial charge in [-0.2, -0.15) is 5.26 Å². The van der Waals surface area contributed by atoms with Gasteiger partial charge in [0.15, 0.2) is 5.75 Å². The van der Waals surface area contributed by atoms with Crippen LogP contribution in [-0.2, 0) is 4.79 Å². The molecule has 1 saturated heterocycles. The van der Waals surface area contributed by atoms with Crippen LogP contribution < -0.4 is 20.7 Å². The summed E-state index contributed by atoms with van der Waals surface area (Å²) in [5, 5.41) is 19.9. The Hall–Kier alpha value is -4.81. The minimum Gasteiger partial charge on any atom is -0.455 e. The molecule has 0 unspecified atom stereocenters. The van der Waals surface area contributed by atoms with Crippen LogP contribution in [0.3, 0.4) is 0 Å². The standard InChI is InChI=1S/C27H23N7O2/c28-16-19-17-32-26-21(25(19)33-23-3-1-2-10-31-23)4-5-22(36-20-8-13-30-14-9-20)27(26)34-24(35)15-18-6-11-29-12-7-18/h1-5,8-10,13-15,17,29H,6-7,11-12H2,(H,34,35)(H,31,32,33). The van der Waals surface area contributed by atoms with Crippen molar-refractivity contribution < 1.29 is 9.53 Å². The summed E-state index contributed by atoms with van der Waals surface area (Å²) in [5.74, 6) is 1.31. The van der Waals surface area contributed by atoms with E-state index < -0.39 is 0 Å². The second kappa shape index (κ2) is 10.6. The molecule has 0 aliphatic carbocycles. The molecule has 0 radical (unpaired) electrons. The van der Waals surface area contributed by atoms with Gasteiger partial charge in [0.1, 0.15) is 23.3 Å². The number of rotatable bonds is 6. The average molecular weight is 478 g/mol. The van der Waals surface area contributed by atoms with Crippen LogP contribution in [0.15, 0.2) is 78.9 Å². The molecular formula is C27H23N7O2. The van der Waals surface area contributed by atoms with E-state index in [2.05, 4.69) is 37.0 Å². The van der Waals surface area contributed by atoms with Gasteiger partial charge in [0.25, 0.3) is 0 Å². The van der Waals surface area contributed by atoms with E-state index in [1.807, 2.05) is 24.3 Å². The van der Waals surface area contributed by atoms with Gasteiger partial charge in [-0.05, 0) is 62.3 Å². The molecule has 3 aromatic heterocycles. The van der Waals surface area contributed by atoms with Crippen LogP contribution in [0.4, 0.5) is 17.2 Å². The molecule has 1 aliphatic rings. The number of aromatic nitrogens is 3. The van der Waals surface area contributed by atoms with Gasteiger partial charge in [-0.25, -0.2) is 4.98 Å². The first-order chi connectivity index (χ1) is 17.7. The fraction of sp³-hybridized carbons (Fsp3) is 0.148. The quantitative estimate of drug-likeness (QED) is 0.342. The van der Waals surface area contributed by atoms with Gasteiger partial charge in [0.2, 0.25) is 5.91 Å². The Labute approximate surface area is 207 Å². The number of piperidine rings is 1. The molecule has 4 heterocycles. The van der Waals surface area contributed by atoms with E-state index >= 15 is 0 Å². The number of nitrogens with one attached hydrogen (secondary N) is 3. The van der Waals surface area contributed by atoms with Gasteiger partial charge in [0, 0.05) is 36.2 Å². The van der Waals surface area contributed by atoms with Crippen molar-refractivity contribution in [3.63, 3.8) is 0 Å². The molecule has 5 rings (SSSR count). The Bertz CT molecular complexity index is 1460. The predicted molar refractivity (Wildman–Crippen MR) is 137 cm³/mol. The first-order valence-corrected chi connectivity index (χ1v) is 11.5. The summed E-state index contributed by atoms with van der Waals surface area (Å²) in [5.41, 5.74) is 2.87. The molecule has 1 amide bonds. The van der Waals surface area contributed by atoms with Crippen LogP contribution in [0.1, 0.15) is 18.4 Å². The summed E-state index contributed by atoms with van der Waals surface area (Å²) in [6.07, 6.45) is 9.69. The normalized spacial score (nSPS) is 13.0. The van der Waals surface area contributed by atoms with Crippen molar-refractivity contribution in [1.29, 1.82) is 5.26 Å². The molecular weight excluding hydrogens is 454 g/mol. The molecule has 0 saturated carbocycles. The fourth-order valence-electron chi connectivity index (χ4n) is 4.01. The molecule has 1 fully saturated rings. The number of fused-ring (bicyclic) bond motifs is 1. The Balaban J connectivity index is 1.60. The molecule has 9 heteroatoms. The van der Waals surface area contributed by atoms with Crippen LogP contribution in [0, 0.1) is 11.3 Å². The number of benzene rings is 1. The highest BCUT2D eigenvalue weighted by molar-refractivity contribution is 6.10. The number of anilines is 3. The first kappa shape index (κ1) is 23.0. The van der Waals surface area contributed by atoms with E-state index in [-0.39, 0.29) is 5.91 Å². The maximum absolute atomic E-state index is 13.0. The van der Waals surface area contributed by atoms with E-state index in [0.29, 0.717) is 45.2 Å². The van der Waals surface area contributed by atoms with Crippen molar-refractivity contribution in [2.24, 2.45) is 0 Å². The van der Waals surface area contributed by atoms with Crippen LogP contribution in [0.25, 0.3) is 10.9 Å². The van der Waals surface area contributed by atoms with Crippen molar-refractivity contribution in [3.8, 4) is 17.6 Å². The number of pyridine rings is 3. The Morgan fingerprint density at radius 2 is 1.86 bits per heavy atom. The van der Waals surface area contributed by atoms with Gasteiger partial charge in [-0.3, -0.25) is 14.8 Å². The third kappa shape index (κ3) is 5.14. The Morgan fingerprint density at radius 1 is 1.03 bits per heavy atom. The molecule has 4 aromatic rings. The summed E-state index contributed by atoms with van der Waals surface area (Å²) in [6.45, 7) is 1.70. The molecule has 1 aromatic carbocycles. The van der Waals surface area contributed by atoms with Gasteiger partial charge in [-0.15, -0.1) is 0 Å². The van der Waals surface area contributed by atoms with Crippen LogP contribution in [0.2, 0.25) is 0 Å². The molecule has 0 atom stereocenters. The highest BCUT2D eigenvalue weighted by atomic mass is 16.5. The van der Waals surface area contributed by atoms with E-state index in [4.69, 9.17) is 4.74 Å². The van der Waals surface area contributed by atoms with E-state index in [0.717, 1.165) is 31.5 Å². The second-order valence-corrected chi connectivity index (χ2v) is 8.16. The summed E-state index contributed by atoms with van der Waals surface area (Å²) < 4.78 is 6.10. The largest absolute Gasteiger partial charge is 0.455 e. The molecule has 0 spiro atoms. The maximum atomic E-state index is 13.0. The van der Waals surface area contributed by atoms with Crippen LogP contribution in [-0.4, -0.2) is 33.9 Å². The third-order valence-corrected chi connectivity index (χ3v) is 5.75. The van der Waals surface area contributed by atoms with E-state index in [1.165, 1.54) is 6.20 Å². The van der Waals surface area contributed by atoms with Gasteiger partial charge in [-0.1, -0.05) is 11.6 Å². The zero-order chi connectivity index (χ0) is 24.7. The molecule has 178 valence electrons. The number of amides is 1. The van der Waals surface area contributed by atoms with Gasteiger partial charge in [0.05, 0.1) is 16.8 Å². The van der Waals surface area contributed by atoms with Gasteiger partial charge >= 0.3 is 0 Å². The van der Waals surface area contributed by atoms with Gasteiger partial charge < -0.3 is 20.7 Å². The third-order valence-electron chi connectivity index (χ3n) is 5.75. The molecule has 3 N–H and O–H groups in total. The highest BCUT2D eigenvalue weighted by Gasteiger charge is 2.19. The second-order valence-electron chi connectivity index (χ2n) is 8.16. The Kier molecular flexibility index (Phi) is 6.78.